The molecule has 0 unspecified atom stereocenters. The van der Waals surface area contributed by atoms with Crippen LogP contribution in [0.25, 0.3) is 6.08 Å². The summed E-state index contributed by atoms with van der Waals surface area (Å²) in [4.78, 5) is 22.9. The van der Waals surface area contributed by atoms with Crippen molar-refractivity contribution in [2.45, 2.75) is 24.4 Å². The molecule has 26 heavy (non-hydrogen) atoms. The maximum Gasteiger partial charge on any atom is 0.347 e. The van der Waals surface area contributed by atoms with E-state index in [-0.39, 0.29) is 11.5 Å². The molecule has 1 rings (SSSR count). The molecule has 0 heterocycles. The highest BCUT2D eigenvalue weighted by Gasteiger charge is 2.38. The maximum atomic E-state index is 11.8. The van der Waals surface area contributed by atoms with Crippen molar-refractivity contribution in [3.8, 4) is 11.5 Å². The second kappa shape index (κ2) is 9.73. The normalized spacial score (nSPS) is 15.9. The van der Waals surface area contributed by atoms with E-state index in [4.69, 9.17) is 14.9 Å². The zero-order valence-corrected chi connectivity index (χ0v) is 13.7. The lowest BCUT2D eigenvalue weighted by Crippen LogP contribution is -2.50. The number of aliphatic carboxylic acids is 1. The Labute approximate surface area is 148 Å². The highest BCUT2D eigenvalue weighted by atomic mass is 16.6. The van der Waals surface area contributed by atoms with E-state index in [9.17, 15) is 30.0 Å². The summed E-state index contributed by atoms with van der Waals surface area (Å²) in [6, 6.07) is 4.18. The minimum atomic E-state index is -2.17. The number of aromatic hydroxyl groups is 1. The molecule has 0 bridgehead atoms. The van der Waals surface area contributed by atoms with Crippen LogP contribution in [0.5, 0.6) is 11.5 Å². The Hall–Kier alpha value is -2.66. The molecule has 0 radical (unpaired) electrons. The molecule has 0 saturated heterocycles. The number of carbonyl (C=O) groups excluding carboxylic acids is 1. The van der Waals surface area contributed by atoms with E-state index in [1.165, 1.54) is 31.4 Å². The number of methoxy groups -OCH3 is 1. The first-order chi connectivity index (χ1) is 12.2. The molecule has 1 aromatic rings. The van der Waals surface area contributed by atoms with Gasteiger partial charge in [0.1, 0.15) is 18.3 Å². The van der Waals surface area contributed by atoms with Crippen LogP contribution in [0.3, 0.4) is 0 Å². The Morgan fingerprint density at radius 3 is 2.38 bits per heavy atom. The van der Waals surface area contributed by atoms with Gasteiger partial charge < -0.3 is 40.1 Å². The maximum absolute atomic E-state index is 11.8. The number of benzene rings is 1. The minimum Gasteiger partial charge on any atom is -0.504 e. The molecular weight excluding hydrogens is 352 g/mol. The molecule has 0 saturated carbocycles. The van der Waals surface area contributed by atoms with Crippen molar-refractivity contribution < 1.29 is 49.7 Å². The fourth-order valence-electron chi connectivity index (χ4n) is 1.91. The predicted molar refractivity (Wildman–Crippen MR) is 86.3 cm³/mol. The van der Waals surface area contributed by atoms with E-state index in [1.807, 2.05) is 0 Å². The topological polar surface area (TPSA) is 174 Å². The largest absolute Gasteiger partial charge is 0.504 e. The standard InChI is InChI=1S/C16H20O10/c1-25-11-6-8(2-4-9(11)18)3-5-12(20)26-15(16(23)24)14(22)13(21)10(19)7-17/h2-6,10,13-15,17-19,21-22H,7H2,1H3,(H,23,24)/t10-,13-,14+,15-/m1/s1. The van der Waals surface area contributed by atoms with E-state index in [1.54, 1.807) is 0 Å². The summed E-state index contributed by atoms with van der Waals surface area (Å²) in [5.74, 6) is -2.86. The first kappa shape index (κ1) is 21.4. The summed E-state index contributed by atoms with van der Waals surface area (Å²) in [5.41, 5.74) is 0.430. The molecule has 10 nitrogen and oxygen atoms in total. The van der Waals surface area contributed by atoms with Gasteiger partial charge in [-0.3, -0.25) is 0 Å². The lowest BCUT2D eigenvalue weighted by molar-refractivity contribution is -0.179. The molecule has 0 spiro atoms. The van der Waals surface area contributed by atoms with Gasteiger partial charge in [-0.05, 0) is 23.8 Å². The van der Waals surface area contributed by atoms with E-state index in [0.717, 1.165) is 6.08 Å². The van der Waals surface area contributed by atoms with Crippen LogP contribution in [0.15, 0.2) is 24.3 Å². The van der Waals surface area contributed by atoms with Crippen molar-refractivity contribution in [2.75, 3.05) is 13.7 Å². The van der Waals surface area contributed by atoms with Gasteiger partial charge >= 0.3 is 11.9 Å². The number of esters is 1. The van der Waals surface area contributed by atoms with Crippen molar-refractivity contribution in [2.24, 2.45) is 0 Å². The van der Waals surface area contributed by atoms with Crippen LogP contribution in [0.4, 0.5) is 0 Å². The molecule has 144 valence electrons. The Bertz CT molecular complexity index is 656. The zero-order chi connectivity index (χ0) is 19.9. The summed E-state index contributed by atoms with van der Waals surface area (Å²) in [6.45, 7) is -0.929. The number of rotatable bonds is 9. The lowest BCUT2D eigenvalue weighted by Gasteiger charge is -2.25. The average molecular weight is 372 g/mol. The van der Waals surface area contributed by atoms with Crippen LogP contribution < -0.4 is 4.74 Å². The van der Waals surface area contributed by atoms with E-state index >= 15 is 0 Å². The SMILES string of the molecule is COc1cc(C=CC(=O)O[C@@H](C(=O)O)[C@@H](O)[C@H](O)[C@H](O)CO)ccc1O. The molecule has 0 aromatic heterocycles. The number of aliphatic hydroxyl groups is 4. The number of ether oxygens (including phenoxy) is 2. The minimum absolute atomic E-state index is 0.113. The lowest BCUT2D eigenvalue weighted by atomic mass is 10.0. The Morgan fingerprint density at radius 2 is 1.85 bits per heavy atom. The number of aliphatic hydroxyl groups excluding tert-OH is 4. The highest BCUT2D eigenvalue weighted by molar-refractivity contribution is 5.89. The molecule has 0 amide bonds. The van der Waals surface area contributed by atoms with Crippen LogP contribution in [0.2, 0.25) is 0 Å². The molecule has 0 fully saturated rings. The summed E-state index contributed by atoms with van der Waals surface area (Å²) >= 11 is 0. The molecule has 1 aromatic carbocycles. The Balaban J connectivity index is 2.83. The number of hydrogen-bond donors (Lipinski definition) is 6. The monoisotopic (exact) mass is 372 g/mol. The Kier molecular flexibility index (Phi) is 8.00. The van der Waals surface area contributed by atoms with E-state index < -0.39 is 43.0 Å². The van der Waals surface area contributed by atoms with Crippen LogP contribution >= 0.6 is 0 Å². The third-order valence-corrected chi connectivity index (χ3v) is 3.34. The fraction of sp³-hybridized carbons (Fsp3) is 0.375. The molecule has 10 heteroatoms. The van der Waals surface area contributed by atoms with E-state index in [2.05, 4.69) is 4.74 Å². The first-order valence-corrected chi connectivity index (χ1v) is 7.34. The zero-order valence-electron chi connectivity index (χ0n) is 13.7. The van der Waals surface area contributed by atoms with Crippen molar-refractivity contribution in [3.05, 3.63) is 29.8 Å². The van der Waals surface area contributed by atoms with Crippen molar-refractivity contribution in [1.29, 1.82) is 0 Å². The molecule has 6 N–H and O–H groups in total. The third-order valence-electron chi connectivity index (χ3n) is 3.34. The van der Waals surface area contributed by atoms with Gasteiger partial charge in [0.2, 0.25) is 6.10 Å². The number of carbonyl (C=O) groups is 2. The summed E-state index contributed by atoms with van der Waals surface area (Å²) in [6.07, 6.45) is -6.08. The van der Waals surface area contributed by atoms with Crippen molar-refractivity contribution in [1.82, 2.24) is 0 Å². The number of carboxylic acid groups (broad SMARTS) is 1. The van der Waals surface area contributed by atoms with Gasteiger partial charge in [0, 0.05) is 6.08 Å². The van der Waals surface area contributed by atoms with Gasteiger partial charge in [-0.25, -0.2) is 9.59 Å². The quantitative estimate of drug-likeness (QED) is 0.221. The highest BCUT2D eigenvalue weighted by Crippen LogP contribution is 2.26. The third kappa shape index (κ3) is 5.70. The smallest absolute Gasteiger partial charge is 0.347 e. The molecule has 0 aliphatic heterocycles. The summed E-state index contributed by atoms with van der Waals surface area (Å²) < 4.78 is 9.48. The van der Waals surface area contributed by atoms with Crippen LogP contribution in [0, 0.1) is 0 Å². The number of hydrogen-bond acceptors (Lipinski definition) is 9. The average Bonchev–Trinajstić information content (AvgIpc) is 2.63. The van der Waals surface area contributed by atoms with Crippen molar-refractivity contribution >= 4 is 18.0 Å². The second-order valence-electron chi connectivity index (χ2n) is 5.19. The first-order valence-electron chi connectivity index (χ1n) is 7.34. The summed E-state index contributed by atoms with van der Waals surface area (Å²) in [7, 11) is 1.34. The van der Waals surface area contributed by atoms with Gasteiger partial charge in [0.25, 0.3) is 0 Å². The molecule has 4 atom stereocenters. The van der Waals surface area contributed by atoms with Gasteiger partial charge in [-0.1, -0.05) is 6.07 Å². The van der Waals surface area contributed by atoms with Gasteiger partial charge in [-0.2, -0.15) is 0 Å². The van der Waals surface area contributed by atoms with Gasteiger partial charge in [0.05, 0.1) is 13.7 Å². The van der Waals surface area contributed by atoms with Crippen LogP contribution in [-0.4, -0.2) is 80.7 Å². The number of carboxylic acids is 1. The van der Waals surface area contributed by atoms with Crippen LogP contribution in [-0.2, 0) is 14.3 Å². The fourth-order valence-corrected chi connectivity index (χ4v) is 1.91. The van der Waals surface area contributed by atoms with Gasteiger partial charge in [-0.15, -0.1) is 0 Å². The van der Waals surface area contributed by atoms with Crippen molar-refractivity contribution in [3.63, 3.8) is 0 Å². The Morgan fingerprint density at radius 1 is 1.19 bits per heavy atom. The van der Waals surface area contributed by atoms with E-state index in [0.29, 0.717) is 5.56 Å². The molecular formula is C16H20O10. The predicted octanol–water partition coefficient (Wildman–Crippen LogP) is -1.51. The number of phenols is 1. The van der Waals surface area contributed by atoms with Crippen LogP contribution in [0.1, 0.15) is 5.56 Å². The van der Waals surface area contributed by atoms with Gasteiger partial charge in [0.15, 0.2) is 11.5 Å². The molecule has 0 aliphatic rings. The second-order valence-corrected chi connectivity index (χ2v) is 5.19. The summed E-state index contributed by atoms with van der Waals surface area (Å²) in [5, 5.41) is 55.7. The number of phenolic OH excluding ortho intramolecular Hbond substituents is 1. The molecule has 0 aliphatic carbocycles.